The lowest BCUT2D eigenvalue weighted by Crippen LogP contribution is -2.31. The van der Waals surface area contributed by atoms with Crippen molar-refractivity contribution in [1.82, 2.24) is 0 Å². The van der Waals surface area contributed by atoms with Gasteiger partial charge in [-0.1, -0.05) is 23.7 Å². The first-order valence-corrected chi connectivity index (χ1v) is 5.13. The molecule has 0 aromatic heterocycles. The van der Waals surface area contributed by atoms with Crippen molar-refractivity contribution >= 4 is 24.2 Å². The van der Waals surface area contributed by atoms with E-state index in [4.69, 9.17) is 21.6 Å². The summed E-state index contributed by atoms with van der Waals surface area (Å²) in [5.41, 5.74) is 2.52. The predicted molar refractivity (Wildman–Crippen MR) is 58.0 cm³/mol. The Kier molecular flexibility index (Phi) is 2.56. The number of rotatable bonds is 2. The molecule has 2 N–H and O–H groups in total. The molecular weight excluding hydrogens is 198 g/mol. The van der Waals surface area contributed by atoms with Gasteiger partial charge in [-0.2, -0.15) is 0 Å². The standard InChI is InChI=1S/C10H12BClO2/c1-6-4-8(7-2-3-7)5-9(10(6)12)11(13)14/h4-5,7,13-14H,2-3H2,1H3. The highest BCUT2D eigenvalue weighted by Crippen LogP contribution is 2.40. The Bertz CT molecular complexity index is 361. The Labute approximate surface area is 88.7 Å². The highest BCUT2D eigenvalue weighted by atomic mass is 35.5. The topological polar surface area (TPSA) is 40.5 Å². The van der Waals surface area contributed by atoms with Crippen molar-refractivity contribution in [2.45, 2.75) is 25.7 Å². The molecule has 2 nitrogen and oxygen atoms in total. The van der Waals surface area contributed by atoms with Crippen molar-refractivity contribution in [1.29, 1.82) is 0 Å². The van der Waals surface area contributed by atoms with Gasteiger partial charge in [0.2, 0.25) is 0 Å². The second-order valence-electron chi connectivity index (χ2n) is 3.89. The summed E-state index contributed by atoms with van der Waals surface area (Å²) < 4.78 is 0. The highest BCUT2D eigenvalue weighted by Gasteiger charge is 2.26. The maximum Gasteiger partial charge on any atom is 0.489 e. The third-order valence-corrected chi connectivity index (χ3v) is 3.15. The van der Waals surface area contributed by atoms with Crippen molar-refractivity contribution in [2.24, 2.45) is 0 Å². The Balaban J connectivity index is 2.46. The van der Waals surface area contributed by atoms with Gasteiger partial charge in [0.1, 0.15) is 0 Å². The minimum Gasteiger partial charge on any atom is -0.423 e. The lowest BCUT2D eigenvalue weighted by molar-refractivity contribution is 0.425. The van der Waals surface area contributed by atoms with E-state index in [1.165, 1.54) is 18.4 Å². The highest BCUT2D eigenvalue weighted by molar-refractivity contribution is 6.62. The van der Waals surface area contributed by atoms with Gasteiger partial charge in [0.05, 0.1) is 0 Å². The van der Waals surface area contributed by atoms with Gasteiger partial charge in [-0.15, -0.1) is 0 Å². The van der Waals surface area contributed by atoms with Crippen LogP contribution < -0.4 is 5.46 Å². The van der Waals surface area contributed by atoms with Gasteiger partial charge in [-0.05, 0) is 36.8 Å². The molecule has 1 aliphatic rings. The summed E-state index contributed by atoms with van der Waals surface area (Å²) in [5, 5.41) is 18.7. The fraction of sp³-hybridized carbons (Fsp3) is 0.400. The van der Waals surface area contributed by atoms with Crippen LogP contribution in [0.3, 0.4) is 0 Å². The van der Waals surface area contributed by atoms with Crippen LogP contribution in [0.5, 0.6) is 0 Å². The van der Waals surface area contributed by atoms with Gasteiger partial charge in [-0.3, -0.25) is 0 Å². The zero-order valence-electron chi connectivity index (χ0n) is 8.00. The molecule has 14 heavy (non-hydrogen) atoms. The van der Waals surface area contributed by atoms with E-state index in [9.17, 15) is 0 Å². The summed E-state index contributed by atoms with van der Waals surface area (Å²) in [4.78, 5) is 0. The van der Waals surface area contributed by atoms with Gasteiger partial charge in [0, 0.05) is 10.5 Å². The Hall–Kier alpha value is -0.505. The third-order valence-electron chi connectivity index (χ3n) is 2.63. The first-order valence-electron chi connectivity index (χ1n) is 4.75. The molecule has 1 saturated carbocycles. The maximum atomic E-state index is 9.13. The van der Waals surface area contributed by atoms with Crippen LogP contribution in [0.1, 0.15) is 29.9 Å². The third kappa shape index (κ3) is 1.80. The van der Waals surface area contributed by atoms with Gasteiger partial charge in [0.25, 0.3) is 0 Å². The van der Waals surface area contributed by atoms with Gasteiger partial charge >= 0.3 is 7.12 Å². The number of benzene rings is 1. The van der Waals surface area contributed by atoms with Crippen molar-refractivity contribution in [2.75, 3.05) is 0 Å². The molecule has 0 heterocycles. The fourth-order valence-electron chi connectivity index (χ4n) is 1.67. The number of aryl methyl sites for hydroxylation is 1. The van der Waals surface area contributed by atoms with Crippen LogP contribution in [0.25, 0.3) is 0 Å². The molecule has 0 unspecified atom stereocenters. The summed E-state index contributed by atoms with van der Waals surface area (Å²) in [5.74, 6) is 0.600. The molecule has 1 aromatic carbocycles. The molecule has 0 atom stereocenters. The van der Waals surface area contributed by atoms with E-state index in [0.29, 0.717) is 16.4 Å². The predicted octanol–water partition coefficient (Wildman–Crippen LogP) is 1.21. The fourth-order valence-corrected chi connectivity index (χ4v) is 1.87. The van der Waals surface area contributed by atoms with Crippen LogP contribution in [0, 0.1) is 6.92 Å². The molecule has 1 fully saturated rings. The molecule has 1 aliphatic carbocycles. The van der Waals surface area contributed by atoms with Gasteiger partial charge in [-0.25, -0.2) is 0 Å². The molecule has 1 aromatic rings. The van der Waals surface area contributed by atoms with Crippen LogP contribution >= 0.6 is 11.6 Å². The summed E-state index contributed by atoms with van der Waals surface area (Å²) >= 11 is 5.97. The van der Waals surface area contributed by atoms with Crippen molar-refractivity contribution in [3.8, 4) is 0 Å². The Morgan fingerprint density at radius 3 is 2.50 bits per heavy atom. The SMILES string of the molecule is Cc1cc(C2CC2)cc(B(O)O)c1Cl. The van der Waals surface area contributed by atoms with Crippen LogP contribution in [0.2, 0.25) is 5.02 Å². The molecule has 4 heteroatoms. The van der Waals surface area contributed by atoms with Crippen LogP contribution in [0.4, 0.5) is 0 Å². The van der Waals surface area contributed by atoms with Gasteiger partial charge in [0.15, 0.2) is 0 Å². The summed E-state index contributed by atoms with van der Waals surface area (Å²) in [6.07, 6.45) is 2.39. The molecule has 0 amide bonds. The zero-order valence-corrected chi connectivity index (χ0v) is 8.75. The maximum absolute atomic E-state index is 9.13. The summed E-state index contributed by atoms with van der Waals surface area (Å²) in [6, 6.07) is 3.84. The van der Waals surface area contributed by atoms with Crippen LogP contribution in [-0.4, -0.2) is 17.2 Å². The lowest BCUT2D eigenvalue weighted by atomic mass is 9.78. The molecule has 74 valence electrons. The zero-order chi connectivity index (χ0) is 10.3. The second-order valence-corrected chi connectivity index (χ2v) is 4.27. The number of hydrogen-bond donors (Lipinski definition) is 2. The molecule has 0 saturated heterocycles. The minimum atomic E-state index is -1.47. The van der Waals surface area contributed by atoms with Crippen molar-refractivity contribution in [3.05, 3.63) is 28.3 Å². The first kappa shape index (κ1) is 10.0. The molecule has 0 radical (unpaired) electrons. The van der Waals surface area contributed by atoms with E-state index < -0.39 is 7.12 Å². The van der Waals surface area contributed by atoms with E-state index in [2.05, 4.69) is 0 Å². The molecule has 0 spiro atoms. The summed E-state index contributed by atoms with van der Waals surface area (Å²) in [7, 11) is -1.47. The Morgan fingerprint density at radius 2 is 2.00 bits per heavy atom. The normalized spacial score (nSPS) is 15.7. The lowest BCUT2D eigenvalue weighted by Gasteiger charge is -2.09. The van der Waals surface area contributed by atoms with E-state index in [1.807, 2.05) is 13.0 Å². The summed E-state index contributed by atoms with van der Waals surface area (Å²) in [6.45, 7) is 1.89. The minimum absolute atomic E-state index is 0.425. The second kappa shape index (κ2) is 3.57. The van der Waals surface area contributed by atoms with E-state index in [0.717, 1.165) is 5.56 Å². The van der Waals surface area contributed by atoms with Gasteiger partial charge < -0.3 is 10.0 Å². The first-order chi connectivity index (χ1) is 6.59. The molecular formula is C10H12BClO2. The van der Waals surface area contributed by atoms with E-state index in [1.54, 1.807) is 6.07 Å². The molecule has 0 bridgehead atoms. The molecule has 0 aliphatic heterocycles. The Morgan fingerprint density at radius 1 is 1.36 bits per heavy atom. The molecule has 2 rings (SSSR count). The monoisotopic (exact) mass is 210 g/mol. The van der Waals surface area contributed by atoms with E-state index >= 15 is 0 Å². The average molecular weight is 210 g/mol. The van der Waals surface area contributed by atoms with Crippen molar-refractivity contribution in [3.63, 3.8) is 0 Å². The van der Waals surface area contributed by atoms with Crippen LogP contribution in [0.15, 0.2) is 12.1 Å². The number of hydrogen-bond acceptors (Lipinski definition) is 2. The quantitative estimate of drug-likeness (QED) is 0.720. The smallest absolute Gasteiger partial charge is 0.423 e. The average Bonchev–Trinajstić information content (AvgIpc) is 2.91. The van der Waals surface area contributed by atoms with Crippen LogP contribution in [-0.2, 0) is 0 Å². The van der Waals surface area contributed by atoms with Crippen molar-refractivity contribution < 1.29 is 10.0 Å². The number of halogens is 1. The largest absolute Gasteiger partial charge is 0.489 e. The van der Waals surface area contributed by atoms with E-state index in [-0.39, 0.29) is 0 Å².